The number of aryl methyl sites for hydroxylation is 2. The predicted molar refractivity (Wildman–Crippen MR) is 110 cm³/mol. The quantitative estimate of drug-likeness (QED) is 0.792. The van der Waals surface area contributed by atoms with Crippen molar-refractivity contribution < 1.29 is 4.79 Å². The second-order valence-corrected chi connectivity index (χ2v) is 9.91. The van der Waals surface area contributed by atoms with Gasteiger partial charge in [0.2, 0.25) is 5.91 Å². The minimum atomic E-state index is 0.246. The first kappa shape index (κ1) is 19.3. The highest BCUT2D eigenvalue weighted by atomic mass is 32.1. The third-order valence-corrected chi connectivity index (χ3v) is 7.78. The van der Waals surface area contributed by atoms with Crippen molar-refractivity contribution in [3.63, 3.8) is 0 Å². The second-order valence-electron chi connectivity index (χ2n) is 8.62. The van der Waals surface area contributed by atoms with Gasteiger partial charge in [-0.1, -0.05) is 0 Å². The maximum absolute atomic E-state index is 12.8. The SMILES string of the molecule is Cc1nc(CN2CCC(N3CCC[C@@H](C(=O)N4CCCC4)C3)CC2)sc1C. The van der Waals surface area contributed by atoms with E-state index in [0.717, 1.165) is 45.7 Å². The third-order valence-electron chi connectivity index (χ3n) is 6.72. The van der Waals surface area contributed by atoms with Crippen molar-refractivity contribution in [1.82, 2.24) is 19.7 Å². The molecule has 0 spiro atoms. The van der Waals surface area contributed by atoms with Gasteiger partial charge < -0.3 is 4.90 Å². The zero-order valence-corrected chi connectivity index (χ0v) is 17.8. The lowest BCUT2D eigenvalue weighted by Crippen LogP contribution is -2.51. The number of nitrogens with zero attached hydrogens (tertiary/aromatic N) is 4. The Hall–Kier alpha value is -0.980. The Balaban J connectivity index is 1.26. The smallest absolute Gasteiger partial charge is 0.226 e. The van der Waals surface area contributed by atoms with Gasteiger partial charge in [0, 0.05) is 43.6 Å². The van der Waals surface area contributed by atoms with Crippen LogP contribution in [0, 0.1) is 19.8 Å². The van der Waals surface area contributed by atoms with Gasteiger partial charge in [0.15, 0.2) is 0 Å². The van der Waals surface area contributed by atoms with E-state index in [2.05, 4.69) is 28.5 Å². The fourth-order valence-corrected chi connectivity index (χ4v) is 5.95. The molecule has 1 aromatic rings. The molecule has 4 rings (SSSR count). The number of rotatable bonds is 4. The van der Waals surface area contributed by atoms with E-state index in [1.165, 1.54) is 54.2 Å². The lowest BCUT2D eigenvalue weighted by Gasteiger charge is -2.42. The molecule has 3 fully saturated rings. The van der Waals surface area contributed by atoms with Crippen LogP contribution in [-0.2, 0) is 11.3 Å². The van der Waals surface area contributed by atoms with E-state index in [1.807, 2.05) is 11.3 Å². The van der Waals surface area contributed by atoms with E-state index in [-0.39, 0.29) is 5.92 Å². The van der Waals surface area contributed by atoms with Crippen LogP contribution in [0.15, 0.2) is 0 Å². The number of carbonyl (C=O) groups is 1. The first-order valence-corrected chi connectivity index (χ1v) is 11.6. The summed E-state index contributed by atoms with van der Waals surface area (Å²) in [5.74, 6) is 0.681. The Bertz CT molecular complexity index is 627. The minimum absolute atomic E-state index is 0.246. The number of carbonyl (C=O) groups excluding carboxylic acids is 1. The minimum Gasteiger partial charge on any atom is -0.342 e. The van der Waals surface area contributed by atoms with Crippen molar-refractivity contribution in [3.8, 4) is 0 Å². The summed E-state index contributed by atoms with van der Waals surface area (Å²) in [6.45, 7) is 11.7. The van der Waals surface area contributed by atoms with Crippen LogP contribution >= 0.6 is 11.3 Å². The number of hydrogen-bond donors (Lipinski definition) is 0. The molecular weight excluding hydrogens is 356 g/mol. The van der Waals surface area contributed by atoms with Crippen LogP contribution in [0.3, 0.4) is 0 Å². The fourth-order valence-electron chi connectivity index (χ4n) is 4.98. The molecule has 0 aromatic carbocycles. The molecule has 3 aliphatic heterocycles. The van der Waals surface area contributed by atoms with Crippen LogP contribution in [0.2, 0.25) is 0 Å². The maximum atomic E-state index is 12.8. The van der Waals surface area contributed by atoms with Crippen LogP contribution in [-0.4, -0.2) is 70.9 Å². The standard InChI is InChI=1S/C21H34N4OS/c1-16-17(2)27-20(22-16)15-23-12-7-19(8-13-23)25-11-5-6-18(14-25)21(26)24-9-3-4-10-24/h18-19H,3-15H2,1-2H3/t18-/m1/s1. The highest BCUT2D eigenvalue weighted by molar-refractivity contribution is 7.11. The summed E-state index contributed by atoms with van der Waals surface area (Å²) in [6.07, 6.45) is 7.12. The van der Waals surface area contributed by atoms with E-state index in [4.69, 9.17) is 4.98 Å². The summed E-state index contributed by atoms with van der Waals surface area (Å²) >= 11 is 1.85. The van der Waals surface area contributed by atoms with Gasteiger partial charge >= 0.3 is 0 Å². The molecule has 150 valence electrons. The molecule has 0 saturated carbocycles. The Labute approximate surface area is 167 Å². The molecule has 6 heteroatoms. The van der Waals surface area contributed by atoms with Gasteiger partial charge in [-0.25, -0.2) is 4.98 Å². The topological polar surface area (TPSA) is 39.7 Å². The van der Waals surface area contributed by atoms with Gasteiger partial charge in [0.25, 0.3) is 0 Å². The summed E-state index contributed by atoms with van der Waals surface area (Å²) in [6, 6.07) is 0.662. The molecule has 4 heterocycles. The second kappa shape index (κ2) is 8.58. The number of hydrogen-bond acceptors (Lipinski definition) is 5. The van der Waals surface area contributed by atoms with Crippen molar-refractivity contribution in [2.45, 2.75) is 65.0 Å². The Morgan fingerprint density at radius 3 is 2.44 bits per heavy atom. The van der Waals surface area contributed by atoms with Gasteiger partial charge in [-0.3, -0.25) is 14.6 Å². The van der Waals surface area contributed by atoms with Gasteiger partial charge in [0.1, 0.15) is 5.01 Å². The predicted octanol–water partition coefficient (Wildman–Crippen LogP) is 3.06. The first-order valence-electron chi connectivity index (χ1n) is 10.8. The Morgan fingerprint density at radius 1 is 1.04 bits per heavy atom. The molecule has 0 bridgehead atoms. The lowest BCUT2D eigenvalue weighted by molar-refractivity contribution is -0.136. The number of amides is 1. The summed E-state index contributed by atoms with van der Waals surface area (Å²) in [7, 11) is 0. The summed E-state index contributed by atoms with van der Waals surface area (Å²) in [5, 5.41) is 1.26. The average molecular weight is 391 g/mol. The molecule has 1 aromatic heterocycles. The largest absolute Gasteiger partial charge is 0.342 e. The number of likely N-dealkylation sites (tertiary alicyclic amines) is 3. The molecule has 3 saturated heterocycles. The molecule has 5 nitrogen and oxygen atoms in total. The van der Waals surface area contributed by atoms with E-state index in [0.29, 0.717) is 11.9 Å². The van der Waals surface area contributed by atoms with E-state index in [1.54, 1.807) is 0 Å². The molecule has 0 unspecified atom stereocenters. The van der Waals surface area contributed by atoms with Crippen LogP contribution in [0.5, 0.6) is 0 Å². The van der Waals surface area contributed by atoms with E-state index < -0.39 is 0 Å². The van der Waals surface area contributed by atoms with Crippen molar-refractivity contribution in [2.24, 2.45) is 5.92 Å². The van der Waals surface area contributed by atoms with Crippen molar-refractivity contribution in [1.29, 1.82) is 0 Å². The zero-order chi connectivity index (χ0) is 18.8. The summed E-state index contributed by atoms with van der Waals surface area (Å²) in [4.78, 5) is 26.2. The normalized spacial score (nSPS) is 26.0. The number of thiazole rings is 1. The van der Waals surface area contributed by atoms with Crippen LogP contribution in [0.4, 0.5) is 0 Å². The third kappa shape index (κ3) is 4.54. The summed E-state index contributed by atoms with van der Waals surface area (Å²) in [5.41, 5.74) is 1.19. The Kier molecular flexibility index (Phi) is 6.15. The molecule has 0 aliphatic carbocycles. The lowest BCUT2D eigenvalue weighted by atomic mass is 9.93. The highest BCUT2D eigenvalue weighted by Crippen LogP contribution is 2.27. The molecule has 0 radical (unpaired) electrons. The van der Waals surface area contributed by atoms with Gasteiger partial charge in [-0.05, 0) is 58.9 Å². The highest BCUT2D eigenvalue weighted by Gasteiger charge is 2.34. The van der Waals surface area contributed by atoms with Crippen molar-refractivity contribution in [3.05, 3.63) is 15.6 Å². The number of aromatic nitrogens is 1. The van der Waals surface area contributed by atoms with E-state index >= 15 is 0 Å². The summed E-state index contributed by atoms with van der Waals surface area (Å²) < 4.78 is 0. The number of piperidine rings is 2. The van der Waals surface area contributed by atoms with Gasteiger partial charge in [0.05, 0.1) is 18.2 Å². The van der Waals surface area contributed by atoms with Gasteiger partial charge in [-0.15, -0.1) is 11.3 Å². The molecule has 1 amide bonds. The molecular formula is C21H34N4OS. The monoisotopic (exact) mass is 390 g/mol. The molecule has 27 heavy (non-hydrogen) atoms. The zero-order valence-electron chi connectivity index (χ0n) is 17.0. The average Bonchev–Trinajstić information content (AvgIpc) is 3.32. The van der Waals surface area contributed by atoms with Crippen molar-refractivity contribution in [2.75, 3.05) is 39.3 Å². The maximum Gasteiger partial charge on any atom is 0.226 e. The van der Waals surface area contributed by atoms with Crippen LogP contribution < -0.4 is 0 Å². The van der Waals surface area contributed by atoms with Gasteiger partial charge in [-0.2, -0.15) is 0 Å². The molecule has 0 N–H and O–H groups in total. The van der Waals surface area contributed by atoms with Crippen molar-refractivity contribution >= 4 is 17.2 Å². The van der Waals surface area contributed by atoms with E-state index in [9.17, 15) is 4.79 Å². The molecule has 3 aliphatic rings. The van der Waals surface area contributed by atoms with Crippen LogP contribution in [0.25, 0.3) is 0 Å². The van der Waals surface area contributed by atoms with Crippen LogP contribution in [0.1, 0.15) is 54.1 Å². The fraction of sp³-hybridized carbons (Fsp3) is 0.810. The Morgan fingerprint density at radius 2 is 1.78 bits per heavy atom. The first-order chi connectivity index (χ1) is 13.1. The molecule has 1 atom stereocenters.